The van der Waals surface area contributed by atoms with Crippen molar-refractivity contribution in [1.29, 1.82) is 0 Å². The summed E-state index contributed by atoms with van der Waals surface area (Å²) in [6.07, 6.45) is 3.71. The molecule has 0 aromatic carbocycles. The number of rotatable bonds is 5. The Balaban J connectivity index is 1.85. The highest BCUT2D eigenvalue weighted by atomic mass is 32.1. The summed E-state index contributed by atoms with van der Waals surface area (Å²) in [6, 6.07) is 12.5. The number of hydrogen-bond donors (Lipinski definition) is 1. The number of hydrogen-bond acceptors (Lipinski definition) is 3. The van der Waals surface area contributed by atoms with E-state index in [2.05, 4.69) is 77.6 Å². The number of thiocarbonyl (C=S) groups is 1. The van der Waals surface area contributed by atoms with Crippen LogP contribution in [0, 0.1) is 26.7 Å². The van der Waals surface area contributed by atoms with E-state index in [0.29, 0.717) is 5.92 Å². The molecule has 5 nitrogen and oxygen atoms in total. The zero-order valence-corrected chi connectivity index (χ0v) is 19.1. The molecule has 6 heteroatoms. The van der Waals surface area contributed by atoms with Gasteiger partial charge in [0.1, 0.15) is 5.82 Å². The Bertz CT molecular complexity index is 1060. The molecule has 1 aliphatic heterocycles. The van der Waals surface area contributed by atoms with Crippen LogP contribution in [0.1, 0.15) is 54.1 Å². The number of nitrogens with one attached hydrogen (secondary N) is 1. The van der Waals surface area contributed by atoms with Crippen LogP contribution in [-0.2, 0) is 0 Å². The Morgan fingerprint density at radius 3 is 2.50 bits per heavy atom. The van der Waals surface area contributed by atoms with Gasteiger partial charge < -0.3 is 14.8 Å². The van der Waals surface area contributed by atoms with Gasteiger partial charge in [-0.3, -0.25) is 4.98 Å². The Labute approximate surface area is 184 Å². The summed E-state index contributed by atoms with van der Waals surface area (Å²) in [5.41, 5.74) is 5.80. The first kappa shape index (κ1) is 20.5. The molecule has 2 unspecified atom stereocenters. The van der Waals surface area contributed by atoms with Crippen molar-refractivity contribution in [2.45, 2.75) is 46.7 Å². The molecule has 0 saturated carbocycles. The maximum atomic E-state index is 5.78. The van der Waals surface area contributed by atoms with E-state index >= 15 is 0 Å². The topological polar surface area (TPSA) is 46.0 Å². The lowest BCUT2D eigenvalue weighted by Crippen LogP contribution is -2.33. The summed E-state index contributed by atoms with van der Waals surface area (Å²) in [5.74, 6) is 1.48. The molecular weight excluding hydrogens is 390 g/mol. The summed E-state index contributed by atoms with van der Waals surface area (Å²) in [6.45, 7) is 11.8. The van der Waals surface area contributed by atoms with Crippen molar-refractivity contribution in [2.24, 2.45) is 5.92 Å². The third-order valence-electron chi connectivity index (χ3n) is 5.74. The molecule has 0 aliphatic carbocycles. The summed E-state index contributed by atoms with van der Waals surface area (Å²) in [7, 11) is 0. The normalized spacial score (nSPS) is 18.9. The van der Waals surface area contributed by atoms with E-state index in [1.165, 1.54) is 17.0 Å². The standard InChI is InChI=1S/C24H29N5S/c1-15(2)14-28-22(21(27-24(28)30)20-10-6-7-11-25-20)19-13-17(4)29(18(19)5)23-16(3)9-8-12-26-23/h6-13,15,21-22H,14H2,1-5H3,(H,27,30). The molecule has 4 rings (SSSR count). The molecule has 1 fully saturated rings. The fourth-order valence-corrected chi connectivity index (χ4v) is 4.77. The molecule has 3 aromatic rings. The summed E-state index contributed by atoms with van der Waals surface area (Å²) >= 11 is 5.78. The molecule has 0 radical (unpaired) electrons. The van der Waals surface area contributed by atoms with Gasteiger partial charge in [0.05, 0.1) is 17.8 Å². The molecule has 1 N–H and O–H groups in total. The first-order chi connectivity index (χ1) is 14.4. The Morgan fingerprint density at radius 1 is 1.07 bits per heavy atom. The Morgan fingerprint density at radius 2 is 1.83 bits per heavy atom. The van der Waals surface area contributed by atoms with Gasteiger partial charge in [-0.1, -0.05) is 26.0 Å². The van der Waals surface area contributed by atoms with Crippen LogP contribution in [0.3, 0.4) is 0 Å². The maximum absolute atomic E-state index is 5.78. The highest BCUT2D eigenvalue weighted by Gasteiger charge is 2.41. The zero-order chi connectivity index (χ0) is 21.4. The van der Waals surface area contributed by atoms with Crippen molar-refractivity contribution in [1.82, 2.24) is 24.8 Å². The van der Waals surface area contributed by atoms with Gasteiger partial charge in [0, 0.05) is 30.3 Å². The van der Waals surface area contributed by atoms with Gasteiger partial charge in [-0.15, -0.1) is 0 Å². The minimum Gasteiger partial charge on any atom is -0.352 e. The van der Waals surface area contributed by atoms with Gasteiger partial charge in [0.15, 0.2) is 5.11 Å². The Kier molecular flexibility index (Phi) is 5.60. The van der Waals surface area contributed by atoms with Crippen molar-refractivity contribution < 1.29 is 0 Å². The number of nitrogens with zero attached hydrogens (tertiary/aromatic N) is 4. The average molecular weight is 420 g/mol. The fraction of sp³-hybridized carbons (Fsp3) is 0.375. The second kappa shape index (κ2) is 8.19. The molecule has 2 atom stereocenters. The predicted octanol–water partition coefficient (Wildman–Crippen LogP) is 4.82. The van der Waals surface area contributed by atoms with Crippen molar-refractivity contribution >= 4 is 17.3 Å². The third kappa shape index (κ3) is 3.60. The summed E-state index contributed by atoms with van der Waals surface area (Å²) < 4.78 is 2.26. The summed E-state index contributed by atoms with van der Waals surface area (Å²) in [5, 5.41) is 4.35. The van der Waals surface area contributed by atoms with Gasteiger partial charge in [-0.05, 0) is 74.3 Å². The van der Waals surface area contributed by atoms with E-state index in [1.807, 2.05) is 30.6 Å². The van der Waals surface area contributed by atoms with Crippen molar-refractivity contribution in [2.75, 3.05) is 6.54 Å². The SMILES string of the molecule is Cc1cccnc1-n1c(C)cc(C2C(c3ccccn3)NC(=S)N2CC(C)C)c1C. The second-order valence-electron chi connectivity index (χ2n) is 8.48. The van der Waals surface area contributed by atoms with E-state index < -0.39 is 0 Å². The van der Waals surface area contributed by atoms with Crippen molar-refractivity contribution in [3.63, 3.8) is 0 Å². The molecule has 1 aliphatic rings. The highest BCUT2D eigenvalue weighted by Crippen LogP contribution is 2.41. The molecule has 0 amide bonds. The lowest BCUT2D eigenvalue weighted by molar-refractivity contribution is 0.287. The van der Waals surface area contributed by atoms with Crippen LogP contribution in [-0.4, -0.2) is 31.1 Å². The first-order valence-electron chi connectivity index (χ1n) is 10.5. The van der Waals surface area contributed by atoms with Gasteiger partial charge in [0.25, 0.3) is 0 Å². The fourth-order valence-electron chi connectivity index (χ4n) is 4.46. The lowest BCUT2D eigenvalue weighted by Gasteiger charge is -2.29. The van der Waals surface area contributed by atoms with Crippen LogP contribution in [0.25, 0.3) is 5.82 Å². The van der Waals surface area contributed by atoms with E-state index in [-0.39, 0.29) is 12.1 Å². The van der Waals surface area contributed by atoms with Gasteiger partial charge >= 0.3 is 0 Å². The number of pyridine rings is 2. The number of aromatic nitrogens is 3. The van der Waals surface area contributed by atoms with E-state index in [9.17, 15) is 0 Å². The lowest BCUT2D eigenvalue weighted by atomic mass is 9.96. The van der Waals surface area contributed by atoms with E-state index in [1.54, 1.807) is 0 Å². The predicted molar refractivity (Wildman–Crippen MR) is 125 cm³/mol. The largest absolute Gasteiger partial charge is 0.352 e. The maximum Gasteiger partial charge on any atom is 0.170 e. The minimum atomic E-state index is 0.0104. The van der Waals surface area contributed by atoms with Crippen molar-refractivity contribution in [3.8, 4) is 5.82 Å². The minimum absolute atomic E-state index is 0.0104. The highest BCUT2D eigenvalue weighted by molar-refractivity contribution is 7.80. The monoisotopic (exact) mass is 419 g/mol. The average Bonchev–Trinajstić information content (AvgIpc) is 3.18. The van der Waals surface area contributed by atoms with Crippen molar-refractivity contribution in [3.05, 3.63) is 77.0 Å². The van der Waals surface area contributed by atoms with Crippen LogP contribution in [0.15, 0.2) is 48.8 Å². The van der Waals surface area contributed by atoms with Gasteiger partial charge in [-0.25, -0.2) is 4.98 Å². The van der Waals surface area contributed by atoms with Gasteiger partial charge in [-0.2, -0.15) is 0 Å². The molecular formula is C24H29N5S. The number of aryl methyl sites for hydroxylation is 2. The molecule has 0 spiro atoms. The van der Waals surface area contributed by atoms with E-state index in [4.69, 9.17) is 12.2 Å². The quantitative estimate of drug-likeness (QED) is 0.601. The first-order valence-corrected chi connectivity index (χ1v) is 10.9. The zero-order valence-electron chi connectivity index (χ0n) is 18.3. The van der Waals surface area contributed by atoms with Gasteiger partial charge in [0.2, 0.25) is 0 Å². The molecule has 3 aromatic heterocycles. The van der Waals surface area contributed by atoms with E-state index in [0.717, 1.165) is 28.7 Å². The Hall–Kier alpha value is -2.73. The molecule has 156 valence electrons. The van der Waals surface area contributed by atoms with Crippen LogP contribution in [0.4, 0.5) is 0 Å². The van der Waals surface area contributed by atoms with Crippen LogP contribution >= 0.6 is 12.2 Å². The second-order valence-corrected chi connectivity index (χ2v) is 8.87. The third-order valence-corrected chi connectivity index (χ3v) is 6.09. The molecule has 30 heavy (non-hydrogen) atoms. The summed E-state index contributed by atoms with van der Waals surface area (Å²) in [4.78, 5) is 11.6. The van der Waals surface area contributed by atoms with Crippen LogP contribution in [0.2, 0.25) is 0 Å². The molecule has 4 heterocycles. The molecule has 0 bridgehead atoms. The molecule has 1 saturated heterocycles. The smallest absolute Gasteiger partial charge is 0.170 e. The van der Waals surface area contributed by atoms with Crippen LogP contribution < -0.4 is 5.32 Å². The van der Waals surface area contributed by atoms with Crippen LogP contribution in [0.5, 0.6) is 0 Å².